The minimum absolute atomic E-state index is 0.0189. The average molecular weight is 478 g/mol. The molecule has 0 bridgehead atoms. The number of sulfonamides is 1. The Morgan fingerprint density at radius 1 is 1.21 bits per heavy atom. The second-order valence-corrected chi connectivity index (χ2v) is 11.0. The summed E-state index contributed by atoms with van der Waals surface area (Å²) in [6, 6.07) is 5.53. The zero-order valence-electron chi connectivity index (χ0n) is 17.6. The van der Waals surface area contributed by atoms with Crippen LogP contribution in [0.15, 0.2) is 42.7 Å². The maximum absolute atomic E-state index is 14.4. The maximum atomic E-state index is 14.4. The van der Waals surface area contributed by atoms with Crippen molar-refractivity contribution < 1.29 is 26.4 Å². The third-order valence-electron chi connectivity index (χ3n) is 6.48. The molecule has 174 valence electrons. The fraction of sp³-hybridized carbons (Fsp3) is 0.364. The quantitative estimate of drug-likeness (QED) is 0.607. The lowest BCUT2D eigenvalue weighted by atomic mass is 10.0. The lowest BCUT2D eigenvalue weighted by Crippen LogP contribution is -2.38. The number of carbonyl (C=O) groups excluding carboxylic acids is 1. The Morgan fingerprint density at radius 3 is 2.70 bits per heavy atom. The van der Waals surface area contributed by atoms with Crippen molar-refractivity contribution in [1.29, 1.82) is 0 Å². The number of anilines is 1. The molecule has 2 aliphatic rings. The number of hydrogen-bond donors (Lipinski definition) is 1. The van der Waals surface area contributed by atoms with Crippen molar-refractivity contribution in [3.05, 3.63) is 65.5 Å². The van der Waals surface area contributed by atoms with Gasteiger partial charge in [0.15, 0.2) is 0 Å². The Labute approximate surface area is 188 Å². The van der Waals surface area contributed by atoms with Crippen molar-refractivity contribution in [2.75, 3.05) is 11.4 Å². The first-order chi connectivity index (χ1) is 15.6. The number of benzene rings is 1. The van der Waals surface area contributed by atoms with Crippen molar-refractivity contribution in [2.45, 2.75) is 43.1 Å². The third kappa shape index (κ3) is 3.73. The van der Waals surface area contributed by atoms with E-state index in [9.17, 15) is 26.4 Å². The van der Waals surface area contributed by atoms with Gasteiger partial charge in [0, 0.05) is 30.4 Å². The van der Waals surface area contributed by atoms with E-state index in [0.29, 0.717) is 24.0 Å². The van der Waals surface area contributed by atoms with Crippen LogP contribution in [0.5, 0.6) is 0 Å². The van der Waals surface area contributed by atoms with Crippen LogP contribution in [0.2, 0.25) is 0 Å². The summed E-state index contributed by atoms with van der Waals surface area (Å²) in [4.78, 5) is 14.4. The van der Waals surface area contributed by atoms with Gasteiger partial charge >= 0.3 is 0 Å². The summed E-state index contributed by atoms with van der Waals surface area (Å²) in [5, 5.41) is 4.09. The number of aromatic nitrogens is 2. The average Bonchev–Trinajstić information content (AvgIpc) is 3.21. The summed E-state index contributed by atoms with van der Waals surface area (Å²) in [6.45, 7) is 1.53. The van der Waals surface area contributed by atoms with E-state index in [1.54, 1.807) is 30.2 Å². The summed E-state index contributed by atoms with van der Waals surface area (Å²) in [6.07, 6.45) is 2.48. The van der Waals surface area contributed by atoms with E-state index in [2.05, 4.69) is 9.82 Å². The standard InChI is InChI=1S/C22H21F3N4O3S/c1-22(5-6-22)33(31,32)27-21(30)17-11-26-29-7-4-15(10-20(17)29)28-12-14(24)9-19(28)16-8-13(23)2-3-18(16)25/h2-4,7-8,10-11,14,19H,5-6,9,12H2,1H3,(H,27,30). The van der Waals surface area contributed by atoms with Gasteiger partial charge in [-0.1, -0.05) is 0 Å². The number of pyridine rings is 1. The number of halogens is 3. The Morgan fingerprint density at radius 2 is 1.97 bits per heavy atom. The van der Waals surface area contributed by atoms with Gasteiger partial charge in [-0.05, 0) is 50.1 Å². The first kappa shape index (κ1) is 21.7. The Bertz CT molecular complexity index is 1370. The van der Waals surface area contributed by atoms with Gasteiger partial charge < -0.3 is 4.90 Å². The van der Waals surface area contributed by atoms with Gasteiger partial charge in [-0.25, -0.2) is 30.8 Å². The fourth-order valence-corrected chi connectivity index (χ4v) is 5.44. The van der Waals surface area contributed by atoms with Crippen molar-refractivity contribution >= 4 is 27.1 Å². The summed E-state index contributed by atoms with van der Waals surface area (Å²) in [5.74, 6) is -2.07. The predicted octanol–water partition coefficient (Wildman–Crippen LogP) is 3.51. The molecule has 1 N–H and O–H groups in total. The van der Waals surface area contributed by atoms with Crippen LogP contribution in [-0.4, -0.2) is 41.4 Å². The van der Waals surface area contributed by atoms with E-state index in [-0.39, 0.29) is 24.1 Å². The molecule has 3 aromatic rings. The zero-order chi connectivity index (χ0) is 23.5. The van der Waals surface area contributed by atoms with Crippen LogP contribution in [0.4, 0.5) is 18.9 Å². The molecule has 0 radical (unpaired) electrons. The maximum Gasteiger partial charge on any atom is 0.268 e. The molecule has 2 unspecified atom stereocenters. The van der Waals surface area contributed by atoms with Crippen LogP contribution in [0.1, 0.15) is 48.1 Å². The van der Waals surface area contributed by atoms with Crippen molar-refractivity contribution in [3.8, 4) is 0 Å². The van der Waals surface area contributed by atoms with Gasteiger partial charge in [-0.15, -0.1) is 0 Å². The van der Waals surface area contributed by atoms with Gasteiger partial charge in [0.05, 0.1) is 28.1 Å². The molecule has 1 aliphatic heterocycles. The van der Waals surface area contributed by atoms with E-state index < -0.39 is 44.5 Å². The molecule has 1 aromatic carbocycles. The SMILES string of the molecule is CC1(S(=O)(=O)NC(=O)c2cnn3ccc(N4CC(F)CC4c4cc(F)ccc4F)cc23)CC1. The number of rotatable bonds is 5. The lowest BCUT2D eigenvalue weighted by molar-refractivity contribution is 0.0982. The highest BCUT2D eigenvalue weighted by atomic mass is 32.2. The van der Waals surface area contributed by atoms with Crippen LogP contribution < -0.4 is 9.62 Å². The Balaban J connectivity index is 1.50. The molecular weight excluding hydrogens is 457 g/mol. The predicted molar refractivity (Wildman–Crippen MR) is 115 cm³/mol. The van der Waals surface area contributed by atoms with E-state index in [0.717, 1.165) is 18.2 Å². The highest BCUT2D eigenvalue weighted by Gasteiger charge is 2.51. The molecule has 1 amide bonds. The Kier molecular flexibility index (Phi) is 4.93. The third-order valence-corrected chi connectivity index (χ3v) is 8.64. The van der Waals surface area contributed by atoms with Gasteiger partial charge in [-0.2, -0.15) is 5.10 Å². The van der Waals surface area contributed by atoms with Crippen LogP contribution in [0, 0.1) is 11.6 Å². The van der Waals surface area contributed by atoms with E-state index in [4.69, 9.17) is 0 Å². The topological polar surface area (TPSA) is 83.8 Å². The van der Waals surface area contributed by atoms with Gasteiger partial charge in [-0.3, -0.25) is 4.79 Å². The summed E-state index contributed by atoms with van der Waals surface area (Å²) in [5.41, 5.74) is 0.865. The number of amides is 1. The highest BCUT2D eigenvalue weighted by molar-refractivity contribution is 7.91. The molecule has 1 saturated heterocycles. The van der Waals surface area contributed by atoms with Gasteiger partial charge in [0.1, 0.15) is 17.8 Å². The number of hydrogen-bond acceptors (Lipinski definition) is 5. The molecule has 7 nitrogen and oxygen atoms in total. The molecule has 33 heavy (non-hydrogen) atoms. The molecular formula is C22H21F3N4O3S. The lowest BCUT2D eigenvalue weighted by Gasteiger charge is -2.27. The summed E-state index contributed by atoms with van der Waals surface area (Å²) >= 11 is 0. The molecule has 2 atom stereocenters. The van der Waals surface area contributed by atoms with E-state index in [1.165, 1.54) is 10.7 Å². The number of fused-ring (bicyclic) bond motifs is 1. The largest absolute Gasteiger partial charge is 0.361 e. The van der Waals surface area contributed by atoms with Gasteiger partial charge in [0.2, 0.25) is 10.0 Å². The molecule has 5 rings (SSSR count). The second kappa shape index (κ2) is 7.47. The van der Waals surface area contributed by atoms with Crippen molar-refractivity contribution in [2.24, 2.45) is 0 Å². The fourth-order valence-electron chi connectivity index (χ4n) is 4.20. The monoisotopic (exact) mass is 478 g/mol. The minimum atomic E-state index is -3.84. The number of nitrogens with one attached hydrogen (secondary N) is 1. The summed E-state index contributed by atoms with van der Waals surface area (Å²) in [7, 11) is -3.84. The highest BCUT2D eigenvalue weighted by Crippen LogP contribution is 2.42. The number of nitrogens with zero attached hydrogens (tertiary/aromatic N) is 3. The van der Waals surface area contributed by atoms with Crippen LogP contribution in [-0.2, 0) is 10.0 Å². The molecule has 1 saturated carbocycles. The summed E-state index contributed by atoms with van der Waals surface area (Å²) < 4.78 is 70.0. The molecule has 0 spiro atoms. The number of carbonyl (C=O) groups is 1. The molecule has 3 heterocycles. The molecule has 2 aromatic heterocycles. The van der Waals surface area contributed by atoms with Crippen molar-refractivity contribution in [3.63, 3.8) is 0 Å². The second-order valence-electron chi connectivity index (χ2n) is 8.82. The van der Waals surface area contributed by atoms with E-state index >= 15 is 0 Å². The molecule has 2 fully saturated rings. The van der Waals surface area contributed by atoms with Gasteiger partial charge in [0.25, 0.3) is 5.91 Å². The van der Waals surface area contributed by atoms with E-state index in [1.807, 2.05) is 0 Å². The number of alkyl halides is 1. The minimum Gasteiger partial charge on any atom is -0.361 e. The molecule has 1 aliphatic carbocycles. The zero-order valence-corrected chi connectivity index (χ0v) is 18.4. The van der Waals surface area contributed by atoms with Crippen molar-refractivity contribution in [1.82, 2.24) is 14.3 Å². The smallest absolute Gasteiger partial charge is 0.268 e. The first-order valence-corrected chi connectivity index (χ1v) is 12.0. The first-order valence-electron chi connectivity index (χ1n) is 10.5. The normalized spacial score (nSPS) is 22.0. The molecule has 11 heteroatoms. The Hall–Kier alpha value is -3.08. The van der Waals surface area contributed by atoms with Crippen LogP contribution in [0.25, 0.3) is 5.52 Å². The van der Waals surface area contributed by atoms with Crippen LogP contribution >= 0.6 is 0 Å². The van der Waals surface area contributed by atoms with Crippen LogP contribution in [0.3, 0.4) is 0 Å².